The zero-order valence-corrected chi connectivity index (χ0v) is 15.7. The molecule has 1 unspecified atom stereocenters. The predicted octanol–water partition coefficient (Wildman–Crippen LogP) is 3.23. The Balaban J connectivity index is 1.84. The van der Waals surface area contributed by atoms with Crippen molar-refractivity contribution in [3.63, 3.8) is 0 Å². The van der Waals surface area contributed by atoms with Gasteiger partial charge in [-0.3, -0.25) is 4.79 Å². The van der Waals surface area contributed by atoms with E-state index in [2.05, 4.69) is 5.32 Å². The number of carbonyl (C=O) groups excluding carboxylic acids is 1. The van der Waals surface area contributed by atoms with Crippen LogP contribution in [0.4, 0.5) is 0 Å². The minimum absolute atomic E-state index is 0.0117. The van der Waals surface area contributed by atoms with Crippen molar-refractivity contribution in [1.82, 2.24) is 5.32 Å². The Kier molecular flexibility index (Phi) is 4.48. The lowest BCUT2D eigenvalue weighted by Crippen LogP contribution is -2.41. The van der Waals surface area contributed by atoms with Crippen molar-refractivity contribution < 1.29 is 14.1 Å². The number of halogens is 1. The highest BCUT2D eigenvalue weighted by Gasteiger charge is 2.51. The Morgan fingerprint density at radius 3 is 2.29 bits per heavy atom. The minimum Gasteiger partial charge on any atom is -0.399 e. The molecule has 2 fully saturated rings. The van der Waals surface area contributed by atoms with Gasteiger partial charge in [0.15, 0.2) is 0 Å². The van der Waals surface area contributed by atoms with Crippen molar-refractivity contribution >= 4 is 30.1 Å². The topological polar surface area (TPSA) is 47.6 Å². The molecule has 1 aliphatic carbocycles. The summed E-state index contributed by atoms with van der Waals surface area (Å²) in [5, 5.41) is 3.67. The molecule has 1 aromatic rings. The molecule has 0 bridgehead atoms. The van der Waals surface area contributed by atoms with E-state index in [0.717, 1.165) is 23.9 Å². The monoisotopic (exact) mass is 349 g/mol. The summed E-state index contributed by atoms with van der Waals surface area (Å²) in [6, 6.07) is 5.86. The summed E-state index contributed by atoms with van der Waals surface area (Å²) < 4.78 is 12.2. The van der Waals surface area contributed by atoms with Gasteiger partial charge in [0.1, 0.15) is 0 Å². The molecule has 0 spiro atoms. The van der Waals surface area contributed by atoms with Crippen LogP contribution in [0.15, 0.2) is 18.2 Å². The van der Waals surface area contributed by atoms with Gasteiger partial charge < -0.3 is 14.6 Å². The zero-order valence-electron chi connectivity index (χ0n) is 15.0. The maximum absolute atomic E-state index is 11.5. The molecule has 2 aliphatic rings. The Labute approximate surface area is 149 Å². The number of rotatable bonds is 4. The van der Waals surface area contributed by atoms with Gasteiger partial charge in [-0.15, -0.1) is 0 Å². The first-order chi connectivity index (χ1) is 11.1. The van der Waals surface area contributed by atoms with Crippen molar-refractivity contribution in [2.45, 2.75) is 64.7 Å². The summed E-state index contributed by atoms with van der Waals surface area (Å²) in [5.74, 6) is 0.451. The molecule has 0 aromatic heterocycles. The Bertz CT molecular complexity index is 642. The standard InChI is InChI=1S/C18H25BClNO3/c1-11(22)21-16(12-6-7-12)14-9-8-13(10-15(14)20)19-23-17(2,3)18(4,5)24-19/h8-10,12,16H,6-7H2,1-5H3,(H,21,22). The summed E-state index contributed by atoms with van der Waals surface area (Å²) in [7, 11) is -0.429. The molecule has 1 N–H and O–H groups in total. The number of amides is 1. The summed E-state index contributed by atoms with van der Waals surface area (Å²) in [5.41, 5.74) is 1.11. The van der Waals surface area contributed by atoms with E-state index in [1.807, 2.05) is 45.9 Å². The van der Waals surface area contributed by atoms with Crippen LogP contribution < -0.4 is 10.8 Å². The quantitative estimate of drug-likeness (QED) is 0.849. The van der Waals surface area contributed by atoms with Gasteiger partial charge in [0.05, 0.1) is 17.2 Å². The second-order valence-electron chi connectivity index (χ2n) is 7.88. The summed E-state index contributed by atoms with van der Waals surface area (Å²) >= 11 is 6.54. The van der Waals surface area contributed by atoms with Crippen molar-refractivity contribution in [2.24, 2.45) is 5.92 Å². The van der Waals surface area contributed by atoms with Crippen LogP contribution in [0.2, 0.25) is 5.02 Å². The lowest BCUT2D eigenvalue weighted by Gasteiger charge is -2.32. The molecule has 1 aromatic carbocycles. The molecule has 4 nitrogen and oxygen atoms in total. The highest BCUT2D eigenvalue weighted by Crippen LogP contribution is 2.43. The second kappa shape index (κ2) is 6.04. The van der Waals surface area contributed by atoms with E-state index >= 15 is 0 Å². The average Bonchev–Trinajstić information content (AvgIpc) is 3.24. The molecule has 1 amide bonds. The maximum atomic E-state index is 11.5. The first-order valence-electron chi connectivity index (χ1n) is 8.53. The molecule has 3 rings (SSSR count). The minimum atomic E-state index is -0.429. The van der Waals surface area contributed by atoms with E-state index in [1.54, 1.807) is 6.92 Å². The van der Waals surface area contributed by atoms with Crippen LogP contribution in [-0.4, -0.2) is 24.2 Å². The largest absolute Gasteiger partial charge is 0.494 e. The fourth-order valence-corrected chi connectivity index (χ4v) is 3.33. The van der Waals surface area contributed by atoms with Gasteiger partial charge in [-0.2, -0.15) is 0 Å². The Morgan fingerprint density at radius 1 is 1.25 bits per heavy atom. The molecule has 1 heterocycles. The highest BCUT2D eigenvalue weighted by molar-refractivity contribution is 6.62. The first kappa shape index (κ1) is 17.8. The van der Waals surface area contributed by atoms with Crippen molar-refractivity contribution in [3.8, 4) is 0 Å². The SMILES string of the molecule is CC(=O)NC(c1ccc(B2OC(C)(C)C(C)(C)O2)cc1Cl)C1CC1. The molecular formula is C18H25BClNO3. The van der Waals surface area contributed by atoms with Crippen molar-refractivity contribution in [2.75, 3.05) is 0 Å². The molecule has 1 saturated heterocycles. The molecule has 1 atom stereocenters. The Hall–Kier alpha value is -1.04. The zero-order chi connectivity index (χ0) is 17.7. The molecule has 0 radical (unpaired) electrons. The van der Waals surface area contributed by atoms with Gasteiger partial charge in [-0.1, -0.05) is 23.7 Å². The van der Waals surface area contributed by atoms with E-state index in [9.17, 15) is 4.79 Å². The van der Waals surface area contributed by atoms with E-state index in [-0.39, 0.29) is 23.2 Å². The lowest BCUT2D eigenvalue weighted by molar-refractivity contribution is -0.119. The van der Waals surface area contributed by atoms with E-state index in [4.69, 9.17) is 20.9 Å². The maximum Gasteiger partial charge on any atom is 0.494 e. The lowest BCUT2D eigenvalue weighted by atomic mass is 9.78. The van der Waals surface area contributed by atoms with Crippen LogP contribution in [-0.2, 0) is 14.1 Å². The number of benzene rings is 1. The normalized spacial score (nSPS) is 23.2. The van der Waals surface area contributed by atoms with E-state index in [0.29, 0.717) is 10.9 Å². The smallest absolute Gasteiger partial charge is 0.399 e. The summed E-state index contributed by atoms with van der Waals surface area (Å²) in [4.78, 5) is 11.5. The van der Waals surface area contributed by atoms with Gasteiger partial charge in [-0.25, -0.2) is 0 Å². The number of carbonyl (C=O) groups is 1. The van der Waals surface area contributed by atoms with Crippen molar-refractivity contribution in [3.05, 3.63) is 28.8 Å². The second-order valence-corrected chi connectivity index (χ2v) is 8.29. The van der Waals surface area contributed by atoms with Crippen LogP contribution in [0.3, 0.4) is 0 Å². The molecule has 1 aliphatic heterocycles. The van der Waals surface area contributed by atoms with Crippen LogP contribution in [0, 0.1) is 5.92 Å². The Morgan fingerprint density at radius 2 is 1.83 bits per heavy atom. The third kappa shape index (κ3) is 3.35. The van der Waals surface area contributed by atoms with Gasteiger partial charge in [0.25, 0.3) is 0 Å². The molecule has 6 heteroatoms. The van der Waals surface area contributed by atoms with E-state index in [1.165, 1.54) is 0 Å². The predicted molar refractivity (Wildman–Crippen MR) is 96.4 cm³/mol. The molecule has 1 saturated carbocycles. The number of hydrogen-bond acceptors (Lipinski definition) is 3. The van der Waals surface area contributed by atoms with Crippen LogP contribution in [0.1, 0.15) is 59.1 Å². The van der Waals surface area contributed by atoms with E-state index < -0.39 is 7.12 Å². The molecule has 24 heavy (non-hydrogen) atoms. The van der Waals surface area contributed by atoms with Crippen molar-refractivity contribution in [1.29, 1.82) is 0 Å². The van der Waals surface area contributed by atoms with Gasteiger partial charge in [-0.05, 0) is 63.5 Å². The third-order valence-corrected chi connectivity index (χ3v) is 5.66. The fraction of sp³-hybridized carbons (Fsp3) is 0.611. The van der Waals surface area contributed by atoms with Crippen LogP contribution in [0.25, 0.3) is 0 Å². The average molecular weight is 350 g/mol. The number of hydrogen-bond donors (Lipinski definition) is 1. The highest BCUT2D eigenvalue weighted by atomic mass is 35.5. The number of nitrogens with one attached hydrogen (secondary N) is 1. The summed E-state index contributed by atoms with van der Waals surface area (Å²) in [6.45, 7) is 9.67. The van der Waals surface area contributed by atoms with Gasteiger partial charge >= 0.3 is 7.12 Å². The van der Waals surface area contributed by atoms with Gasteiger partial charge in [0, 0.05) is 11.9 Å². The third-order valence-electron chi connectivity index (χ3n) is 5.34. The molecule has 130 valence electrons. The first-order valence-corrected chi connectivity index (χ1v) is 8.90. The van der Waals surface area contributed by atoms with Crippen LogP contribution in [0.5, 0.6) is 0 Å². The fourth-order valence-electron chi connectivity index (χ4n) is 3.02. The van der Waals surface area contributed by atoms with Crippen LogP contribution >= 0.6 is 11.6 Å². The van der Waals surface area contributed by atoms with Gasteiger partial charge in [0.2, 0.25) is 5.91 Å². The molecular weight excluding hydrogens is 324 g/mol. The summed E-state index contributed by atoms with van der Waals surface area (Å²) in [6.07, 6.45) is 2.25.